The van der Waals surface area contributed by atoms with Crippen molar-refractivity contribution in [1.82, 2.24) is 0 Å². The average molecular weight is 374 g/mol. The molecule has 138 valence electrons. The molecule has 2 heteroatoms. The van der Waals surface area contributed by atoms with Crippen LogP contribution < -0.4 is 0 Å². The van der Waals surface area contributed by atoms with Crippen LogP contribution in [0.25, 0.3) is 44.5 Å². The molecule has 0 aliphatic carbocycles. The van der Waals surface area contributed by atoms with Crippen LogP contribution in [0.2, 0.25) is 0 Å². The number of carbonyl (C=O) groups excluding carboxylic acids is 1. The van der Waals surface area contributed by atoms with Crippen molar-refractivity contribution in [1.29, 1.82) is 0 Å². The van der Waals surface area contributed by atoms with Gasteiger partial charge in [-0.25, -0.2) is 0 Å². The molecule has 0 fully saturated rings. The summed E-state index contributed by atoms with van der Waals surface area (Å²) in [5.41, 5.74) is 2.25. The van der Waals surface area contributed by atoms with E-state index in [9.17, 15) is 9.90 Å². The summed E-state index contributed by atoms with van der Waals surface area (Å²) in [5.74, 6) is -0.00279. The Morgan fingerprint density at radius 2 is 1.38 bits per heavy atom. The maximum absolute atomic E-state index is 10.9. The fraction of sp³-hybridized carbons (Fsp3) is 0. The van der Waals surface area contributed by atoms with Gasteiger partial charge in [-0.2, -0.15) is 0 Å². The minimum absolute atomic E-state index is 0.00279. The summed E-state index contributed by atoms with van der Waals surface area (Å²) in [5, 5.41) is 17.2. The molecule has 0 radical (unpaired) electrons. The molecule has 5 aromatic rings. The first-order chi connectivity index (χ1) is 14.2. The molecule has 0 saturated carbocycles. The lowest BCUT2D eigenvalue weighted by molar-refractivity contribution is 0.112. The van der Waals surface area contributed by atoms with Gasteiger partial charge in [0.1, 0.15) is 5.75 Å². The highest BCUT2D eigenvalue weighted by Gasteiger charge is 2.06. The van der Waals surface area contributed by atoms with Gasteiger partial charge in [0.15, 0.2) is 6.29 Å². The zero-order valence-corrected chi connectivity index (χ0v) is 15.7. The molecule has 2 nitrogen and oxygen atoms in total. The number of benzene rings is 5. The normalized spacial score (nSPS) is 11.6. The third-order valence-electron chi connectivity index (χ3n) is 5.40. The minimum atomic E-state index is -0.00279. The molecule has 0 atom stereocenters. The van der Waals surface area contributed by atoms with Crippen LogP contribution in [0.5, 0.6) is 5.75 Å². The van der Waals surface area contributed by atoms with Crippen LogP contribution in [0.3, 0.4) is 0 Å². The largest absolute Gasteiger partial charge is 0.507 e. The quantitative estimate of drug-likeness (QED) is 0.163. The molecule has 0 saturated heterocycles. The lowest BCUT2D eigenvalue weighted by Gasteiger charge is -2.09. The van der Waals surface area contributed by atoms with Gasteiger partial charge in [-0.1, -0.05) is 72.8 Å². The van der Waals surface area contributed by atoms with Crippen molar-refractivity contribution in [2.75, 3.05) is 0 Å². The van der Waals surface area contributed by atoms with E-state index >= 15 is 0 Å². The van der Waals surface area contributed by atoms with Gasteiger partial charge in [0, 0.05) is 0 Å². The smallest absolute Gasteiger partial charge is 0.153 e. The monoisotopic (exact) mass is 374 g/mol. The number of fused-ring (bicyclic) bond motifs is 4. The highest BCUT2D eigenvalue weighted by atomic mass is 16.3. The van der Waals surface area contributed by atoms with E-state index in [1.165, 1.54) is 32.3 Å². The van der Waals surface area contributed by atoms with E-state index in [2.05, 4.69) is 72.8 Å². The Bertz CT molecular complexity index is 1430. The predicted molar refractivity (Wildman–Crippen MR) is 121 cm³/mol. The zero-order valence-electron chi connectivity index (χ0n) is 15.7. The Morgan fingerprint density at radius 1 is 0.621 bits per heavy atom. The summed E-state index contributed by atoms with van der Waals surface area (Å²) in [7, 11) is 0. The highest BCUT2D eigenvalue weighted by molar-refractivity contribution is 6.15. The lowest BCUT2D eigenvalue weighted by Crippen LogP contribution is -1.84. The maximum Gasteiger partial charge on any atom is 0.153 e. The second-order valence-corrected chi connectivity index (χ2v) is 7.20. The van der Waals surface area contributed by atoms with E-state index in [-0.39, 0.29) is 5.75 Å². The van der Waals surface area contributed by atoms with Crippen molar-refractivity contribution in [2.45, 2.75) is 0 Å². The van der Waals surface area contributed by atoms with Gasteiger partial charge in [0.05, 0.1) is 5.56 Å². The van der Waals surface area contributed by atoms with Crippen molar-refractivity contribution in [3.8, 4) is 5.75 Å². The SMILES string of the molecule is O=Cc1ccc(C=Cc2cccc3ccc4cc5ccccc5cc4c23)cc1O. The molecule has 29 heavy (non-hydrogen) atoms. The first-order valence-electron chi connectivity index (χ1n) is 9.53. The van der Waals surface area contributed by atoms with E-state index in [1.54, 1.807) is 12.1 Å². The van der Waals surface area contributed by atoms with Gasteiger partial charge < -0.3 is 5.11 Å². The number of rotatable bonds is 3. The lowest BCUT2D eigenvalue weighted by atomic mass is 9.95. The van der Waals surface area contributed by atoms with Crippen molar-refractivity contribution < 1.29 is 9.90 Å². The fourth-order valence-corrected chi connectivity index (χ4v) is 3.92. The Hall–Kier alpha value is -3.91. The predicted octanol–water partition coefficient (Wildman–Crippen LogP) is 6.83. The summed E-state index contributed by atoms with van der Waals surface area (Å²) in [6.45, 7) is 0. The Morgan fingerprint density at radius 3 is 2.17 bits per heavy atom. The van der Waals surface area contributed by atoms with E-state index in [0.717, 1.165) is 11.1 Å². The molecule has 0 spiro atoms. The standard InChI is InChI=1S/C27H18O2/c28-17-24-11-9-18(14-26(24)29)8-10-19-6-3-7-20-12-13-23-15-21-4-1-2-5-22(21)16-25(23)27(19)20/h1-17,29H. The van der Waals surface area contributed by atoms with Crippen LogP contribution in [-0.2, 0) is 0 Å². The summed E-state index contributed by atoms with van der Waals surface area (Å²) < 4.78 is 0. The number of phenolic OH excluding ortho intramolecular Hbond substituents is 1. The Balaban J connectivity index is 1.70. The molecule has 0 aromatic heterocycles. The topological polar surface area (TPSA) is 37.3 Å². The summed E-state index contributed by atoms with van der Waals surface area (Å²) >= 11 is 0. The van der Waals surface area contributed by atoms with Crippen LogP contribution in [0.1, 0.15) is 21.5 Å². The van der Waals surface area contributed by atoms with E-state index in [0.29, 0.717) is 11.8 Å². The van der Waals surface area contributed by atoms with Crippen molar-refractivity contribution >= 4 is 50.8 Å². The second kappa shape index (κ2) is 6.92. The van der Waals surface area contributed by atoms with Gasteiger partial charge in [-0.3, -0.25) is 4.79 Å². The molecule has 0 amide bonds. The number of hydrogen-bond donors (Lipinski definition) is 1. The molecule has 5 aromatic carbocycles. The van der Waals surface area contributed by atoms with E-state index in [1.807, 2.05) is 12.1 Å². The van der Waals surface area contributed by atoms with Gasteiger partial charge in [0.25, 0.3) is 0 Å². The van der Waals surface area contributed by atoms with Crippen LogP contribution in [0.15, 0.2) is 84.9 Å². The number of aromatic hydroxyl groups is 1. The zero-order chi connectivity index (χ0) is 19.8. The molecule has 0 aliphatic rings. The number of phenols is 1. The number of hydrogen-bond acceptors (Lipinski definition) is 2. The Labute approximate surface area is 168 Å². The molecule has 0 unspecified atom stereocenters. The van der Waals surface area contributed by atoms with Crippen LogP contribution in [0, 0.1) is 0 Å². The first kappa shape index (κ1) is 17.2. The van der Waals surface area contributed by atoms with E-state index in [4.69, 9.17) is 0 Å². The summed E-state index contributed by atoms with van der Waals surface area (Å²) in [6.07, 6.45) is 4.68. The number of carbonyl (C=O) groups is 1. The van der Waals surface area contributed by atoms with Crippen molar-refractivity contribution in [3.05, 3.63) is 102 Å². The minimum Gasteiger partial charge on any atom is -0.507 e. The third kappa shape index (κ3) is 3.05. The molecule has 0 heterocycles. The number of aldehydes is 1. The molecule has 5 rings (SSSR count). The highest BCUT2D eigenvalue weighted by Crippen LogP contribution is 2.32. The van der Waals surface area contributed by atoms with Gasteiger partial charge >= 0.3 is 0 Å². The molecule has 0 aliphatic heterocycles. The summed E-state index contributed by atoms with van der Waals surface area (Å²) in [6, 6.07) is 28.6. The fourth-order valence-electron chi connectivity index (χ4n) is 3.92. The molecular formula is C27H18O2. The average Bonchev–Trinajstić information content (AvgIpc) is 2.76. The first-order valence-corrected chi connectivity index (χ1v) is 9.53. The molecular weight excluding hydrogens is 356 g/mol. The Kier molecular flexibility index (Phi) is 4.10. The second-order valence-electron chi connectivity index (χ2n) is 7.20. The van der Waals surface area contributed by atoms with Crippen LogP contribution in [-0.4, -0.2) is 11.4 Å². The van der Waals surface area contributed by atoms with Crippen molar-refractivity contribution in [2.24, 2.45) is 0 Å². The van der Waals surface area contributed by atoms with Gasteiger partial charge in [0.2, 0.25) is 0 Å². The van der Waals surface area contributed by atoms with Crippen LogP contribution in [0.4, 0.5) is 0 Å². The van der Waals surface area contributed by atoms with Crippen LogP contribution >= 0.6 is 0 Å². The van der Waals surface area contributed by atoms with Gasteiger partial charge in [-0.05, 0) is 67.7 Å². The van der Waals surface area contributed by atoms with E-state index < -0.39 is 0 Å². The van der Waals surface area contributed by atoms with Gasteiger partial charge in [-0.15, -0.1) is 0 Å². The third-order valence-corrected chi connectivity index (χ3v) is 5.40. The summed E-state index contributed by atoms with van der Waals surface area (Å²) in [4.78, 5) is 10.9. The van der Waals surface area contributed by atoms with Crippen molar-refractivity contribution in [3.63, 3.8) is 0 Å². The molecule has 0 bridgehead atoms. The molecule has 1 N–H and O–H groups in total. The maximum atomic E-state index is 10.9.